The van der Waals surface area contributed by atoms with Gasteiger partial charge >= 0.3 is 0 Å². The number of aryl methyl sites for hydroxylation is 1. The molecule has 0 fully saturated rings. The lowest BCUT2D eigenvalue weighted by molar-refractivity contribution is -0.134. The normalized spacial score (nSPS) is 21.6. The Kier molecular flexibility index (Phi) is 10.7. The van der Waals surface area contributed by atoms with E-state index >= 15 is 0 Å². The molecule has 0 saturated carbocycles. The van der Waals surface area contributed by atoms with Gasteiger partial charge in [-0.05, 0) is 31.9 Å². The highest BCUT2D eigenvalue weighted by Gasteiger charge is 2.32. The lowest BCUT2D eigenvalue weighted by Crippen LogP contribution is -2.58. The number of fused-ring (bicyclic) bond motifs is 3. The van der Waals surface area contributed by atoms with Crippen LogP contribution in [0.15, 0.2) is 34.9 Å². The second-order valence-electron chi connectivity index (χ2n) is 11.0. The highest BCUT2D eigenvalue weighted by molar-refractivity contribution is 7.18. The van der Waals surface area contributed by atoms with Gasteiger partial charge in [0.1, 0.15) is 18.1 Å². The molecular formula is C29H37N7O7S. The van der Waals surface area contributed by atoms with Crippen molar-refractivity contribution in [3.63, 3.8) is 0 Å². The number of rotatable bonds is 5. The average molecular weight is 628 g/mol. The molecule has 236 valence electrons. The van der Waals surface area contributed by atoms with E-state index in [1.807, 2.05) is 24.3 Å². The third-order valence-electron chi connectivity index (χ3n) is 7.11. The highest BCUT2D eigenvalue weighted by Crippen LogP contribution is 2.23. The summed E-state index contributed by atoms with van der Waals surface area (Å²) in [5.74, 6) is -3.01. The van der Waals surface area contributed by atoms with Crippen molar-refractivity contribution in [2.24, 2.45) is 5.92 Å². The molecule has 2 bridgehead atoms. The van der Waals surface area contributed by atoms with E-state index in [1.54, 1.807) is 13.8 Å². The minimum absolute atomic E-state index is 0.0446. The largest absolute Gasteiger partial charge is 0.391 e. The standard InChI is InChI=1S/C29H37N7O7S/c1-15(2)24-28(41)30-11-12-36(23(38)10-9-22-32-19-7-5-6-8-21(19)44-22)14-18-13-20(35-43-18)27(40)34-25(17(4)37)29(42)31-16(3)26(39)33-24/h5-8,13,15-17,24-25,37H,9-12,14H2,1-4H3,(H,30,41)(H,31,42)(H,33,39)(H,34,40)/t16-,17+,24-,25-/m0/s1. The van der Waals surface area contributed by atoms with E-state index in [0.29, 0.717) is 6.42 Å². The Balaban J connectivity index is 1.56. The molecule has 0 saturated heterocycles. The summed E-state index contributed by atoms with van der Waals surface area (Å²) in [5.41, 5.74) is 0.698. The maximum atomic E-state index is 13.4. The SMILES string of the molecule is CC(C)[C@@H]1NC(=O)[C@H](C)NC(=O)[C@H]([C@@H](C)O)NC(=O)c2cc(on2)CN(C(=O)CCc2nc3ccccc3s2)CCNC1=O. The monoisotopic (exact) mass is 627 g/mol. The second kappa shape index (κ2) is 14.4. The quantitative estimate of drug-likeness (QED) is 0.268. The summed E-state index contributed by atoms with van der Waals surface area (Å²) in [6.07, 6.45) is -0.764. The molecule has 4 atom stereocenters. The summed E-state index contributed by atoms with van der Waals surface area (Å²) in [7, 11) is 0. The first-order chi connectivity index (χ1) is 20.9. The molecule has 5 amide bonds. The molecule has 0 radical (unpaired) electrons. The molecule has 0 aliphatic carbocycles. The van der Waals surface area contributed by atoms with E-state index in [2.05, 4.69) is 31.4 Å². The van der Waals surface area contributed by atoms with Gasteiger partial charge in [-0.2, -0.15) is 0 Å². The van der Waals surface area contributed by atoms with Crippen molar-refractivity contribution in [3.8, 4) is 0 Å². The number of aliphatic hydroxyl groups is 1. The fourth-order valence-electron chi connectivity index (χ4n) is 4.60. The Bertz CT molecular complexity index is 1490. The van der Waals surface area contributed by atoms with Crippen molar-refractivity contribution in [3.05, 3.63) is 46.8 Å². The molecule has 15 heteroatoms. The topological polar surface area (TPSA) is 196 Å². The van der Waals surface area contributed by atoms with Gasteiger partial charge in [0.15, 0.2) is 11.5 Å². The summed E-state index contributed by atoms with van der Waals surface area (Å²) >= 11 is 1.51. The molecule has 3 aromatic rings. The Morgan fingerprint density at radius 1 is 1.07 bits per heavy atom. The molecule has 1 aliphatic rings. The van der Waals surface area contributed by atoms with Gasteiger partial charge in [-0.25, -0.2) is 4.98 Å². The fourth-order valence-corrected chi connectivity index (χ4v) is 5.57. The van der Waals surface area contributed by atoms with Crippen molar-refractivity contribution in [1.82, 2.24) is 36.3 Å². The Morgan fingerprint density at radius 2 is 1.82 bits per heavy atom. The predicted octanol–water partition coefficient (Wildman–Crippen LogP) is 0.500. The number of hydrogen-bond acceptors (Lipinski definition) is 10. The molecule has 1 aromatic carbocycles. The molecule has 14 nitrogen and oxygen atoms in total. The van der Waals surface area contributed by atoms with Crippen molar-refractivity contribution in [2.75, 3.05) is 13.1 Å². The van der Waals surface area contributed by atoms with Crippen molar-refractivity contribution in [2.45, 2.75) is 71.3 Å². The summed E-state index contributed by atoms with van der Waals surface area (Å²) in [4.78, 5) is 71.2. The van der Waals surface area contributed by atoms with E-state index in [4.69, 9.17) is 4.52 Å². The zero-order valence-corrected chi connectivity index (χ0v) is 25.8. The van der Waals surface area contributed by atoms with Gasteiger partial charge < -0.3 is 35.8 Å². The number of carbonyl (C=O) groups is 5. The van der Waals surface area contributed by atoms with E-state index in [0.717, 1.165) is 15.2 Å². The molecule has 0 unspecified atom stereocenters. The lowest BCUT2D eigenvalue weighted by atomic mass is 10.0. The van der Waals surface area contributed by atoms with Crippen LogP contribution < -0.4 is 21.3 Å². The molecule has 44 heavy (non-hydrogen) atoms. The number of para-hydroxylation sites is 1. The van der Waals surface area contributed by atoms with Gasteiger partial charge in [0, 0.05) is 32.0 Å². The Hall–Kier alpha value is -4.37. The van der Waals surface area contributed by atoms with E-state index in [1.165, 1.54) is 36.2 Å². The maximum Gasteiger partial charge on any atom is 0.274 e. The number of hydrogen-bond donors (Lipinski definition) is 5. The minimum atomic E-state index is -1.42. The van der Waals surface area contributed by atoms with Gasteiger partial charge in [-0.1, -0.05) is 31.1 Å². The number of amides is 5. The highest BCUT2D eigenvalue weighted by atomic mass is 32.1. The van der Waals surface area contributed by atoms with Crippen LogP contribution in [0.25, 0.3) is 10.2 Å². The maximum absolute atomic E-state index is 13.4. The van der Waals surface area contributed by atoms with Gasteiger partial charge in [0.05, 0.1) is 27.9 Å². The van der Waals surface area contributed by atoms with Crippen LogP contribution in [0.3, 0.4) is 0 Å². The van der Waals surface area contributed by atoms with E-state index < -0.39 is 47.9 Å². The third kappa shape index (κ3) is 8.17. The molecular weight excluding hydrogens is 590 g/mol. The number of carbonyl (C=O) groups excluding carboxylic acids is 5. The molecule has 1 aliphatic heterocycles. The number of thiazole rings is 1. The van der Waals surface area contributed by atoms with Gasteiger partial charge in [0.25, 0.3) is 5.91 Å². The van der Waals surface area contributed by atoms with E-state index in [9.17, 15) is 29.1 Å². The molecule has 4 rings (SSSR count). The Labute approximate surface area is 257 Å². The average Bonchev–Trinajstić information content (AvgIpc) is 3.62. The molecule has 2 aromatic heterocycles. The van der Waals surface area contributed by atoms with Crippen LogP contribution in [-0.2, 0) is 32.1 Å². The zero-order valence-electron chi connectivity index (χ0n) is 25.0. The summed E-state index contributed by atoms with van der Waals surface area (Å²) in [6.45, 7) is 6.40. The van der Waals surface area contributed by atoms with Crippen LogP contribution in [0, 0.1) is 5.92 Å². The van der Waals surface area contributed by atoms with Crippen molar-refractivity contribution >= 4 is 51.1 Å². The summed E-state index contributed by atoms with van der Waals surface area (Å²) in [5, 5.41) is 25.1. The van der Waals surface area contributed by atoms with Crippen LogP contribution in [0.2, 0.25) is 0 Å². The molecule has 3 heterocycles. The third-order valence-corrected chi connectivity index (χ3v) is 8.21. The fraction of sp³-hybridized carbons (Fsp3) is 0.483. The second-order valence-corrected chi connectivity index (χ2v) is 12.1. The van der Waals surface area contributed by atoms with Gasteiger partial charge in [0.2, 0.25) is 23.6 Å². The van der Waals surface area contributed by atoms with Crippen LogP contribution in [0.1, 0.15) is 55.4 Å². The van der Waals surface area contributed by atoms with Crippen molar-refractivity contribution < 1.29 is 33.6 Å². The van der Waals surface area contributed by atoms with Crippen LogP contribution >= 0.6 is 11.3 Å². The van der Waals surface area contributed by atoms with Crippen LogP contribution in [0.5, 0.6) is 0 Å². The van der Waals surface area contributed by atoms with Crippen LogP contribution in [-0.4, -0.2) is 87.0 Å². The number of aromatic nitrogens is 2. The first kappa shape index (κ1) is 32.5. The number of aliphatic hydroxyl groups excluding tert-OH is 1. The molecule has 0 spiro atoms. The van der Waals surface area contributed by atoms with Gasteiger partial charge in [-0.3, -0.25) is 24.0 Å². The zero-order chi connectivity index (χ0) is 32.0. The summed E-state index contributed by atoms with van der Waals surface area (Å²) < 4.78 is 6.36. The number of nitrogens with zero attached hydrogens (tertiary/aromatic N) is 3. The summed E-state index contributed by atoms with van der Waals surface area (Å²) in [6, 6.07) is 5.63. The number of nitrogens with one attached hydrogen (secondary N) is 4. The van der Waals surface area contributed by atoms with Gasteiger partial charge in [-0.15, -0.1) is 11.3 Å². The first-order valence-corrected chi connectivity index (χ1v) is 15.2. The minimum Gasteiger partial charge on any atom is -0.391 e. The first-order valence-electron chi connectivity index (χ1n) is 14.4. The molecule has 5 N–H and O–H groups in total. The van der Waals surface area contributed by atoms with Crippen molar-refractivity contribution in [1.29, 1.82) is 0 Å². The predicted molar refractivity (Wildman–Crippen MR) is 160 cm³/mol. The van der Waals surface area contributed by atoms with Crippen LogP contribution in [0.4, 0.5) is 0 Å². The smallest absolute Gasteiger partial charge is 0.274 e. The Morgan fingerprint density at radius 3 is 2.52 bits per heavy atom. The number of benzene rings is 1. The lowest BCUT2D eigenvalue weighted by Gasteiger charge is -2.26. The van der Waals surface area contributed by atoms with E-state index in [-0.39, 0.29) is 49.3 Å².